The summed E-state index contributed by atoms with van der Waals surface area (Å²) in [6.07, 6.45) is 6.38. The van der Waals surface area contributed by atoms with Crippen LogP contribution in [0.5, 0.6) is 0 Å². The van der Waals surface area contributed by atoms with Crippen molar-refractivity contribution in [1.29, 1.82) is 0 Å². The minimum absolute atomic E-state index is 0.0108. The van der Waals surface area contributed by atoms with E-state index in [-0.39, 0.29) is 5.78 Å². The normalized spacial score (nSPS) is 10.2. The third-order valence-electron chi connectivity index (χ3n) is 1.52. The van der Waals surface area contributed by atoms with Crippen molar-refractivity contribution in [2.75, 3.05) is 6.54 Å². The fraction of sp³-hybridized carbons (Fsp3) is 0.200. The van der Waals surface area contributed by atoms with Gasteiger partial charge in [-0.1, -0.05) is 0 Å². The van der Waals surface area contributed by atoms with Crippen LogP contribution in [0.15, 0.2) is 36.8 Å². The molecule has 1 rings (SSSR count). The van der Waals surface area contributed by atoms with Crippen molar-refractivity contribution in [2.24, 2.45) is 0 Å². The highest BCUT2D eigenvalue weighted by molar-refractivity contribution is 6.04. The first-order chi connectivity index (χ1) is 6.34. The lowest BCUT2D eigenvalue weighted by molar-refractivity contribution is 0.104. The first-order valence-electron chi connectivity index (χ1n) is 4.19. The molecule has 1 N–H and O–H groups in total. The van der Waals surface area contributed by atoms with E-state index in [1.807, 2.05) is 6.92 Å². The standard InChI is InChI=1S/C10H12N2O/c1-2-11-8-5-10(13)9-3-6-12-7-4-9/h3-8,11H,2H2,1H3/b8-5+. The second-order valence-electron chi connectivity index (χ2n) is 2.49. The monoisotopic (exact) mass is 176 g/mol. The van der Waals surface area contributed by atoms with E-state index in [9.17, 15) is 4.79 Å². The summed E-state index contributed by atoms with van der Waals surface area (Å²) in [4.78, 5) is 15.2. The fourth-order valence-corrected chi connectivity index (χ4v) is 0.865. The number of carbonyl (C=O) groups is 1. The van der Waals surface area contributed by atoms with Gasteiger partial charge >= 0.3 is 0 Å². The number of ketones is 1. The van der Waals surface area contributed by atoms with Crippen LogP contribution in [0.4, 0.5) is 0 Å². The summed E-state index contributed by atoms with van der Waals surface area (Å²) in [5.41, 5.74) is 0.657. The molecule has 0 bridgehead atoms. The molecule has 0 radical (unpaired) electrons. The molecule has 0 unspecified atom stereocenters. The molecule has 0 saturated carbocycles. The third kappa shape index (κ3) is 3.07. The number of rotatable bonds is 4. The van der Waals surface area contributed by atoms with Crippen molar-refractivity contribution < 1.29 is 4.79 Å². The lowest BCUT2D eigenvalue weighted by Crippen LogP contribution is -2.04. The van der Waals surface area contributed by atoms with Gasteiger partial charge in [0.15, 0.2) is 5.78 Å². The fourth-order valence-electron chi connectivity index (χ4n) is 0.865. The first-order valence-corrected chi connectivity index (χ1v) is 4.19. The van der Waals surface area contributed by atoms with E-state index < -0.39 is 0 Å². The molecular weight excluding hydrogens is 164 g/mol. The molecule has 0 aromatic carbocycles. The molecule has 1 heterocycles. The van der Waals surface area contributed by atoms with Gasteiger partial charge in [-0.3, -0.25) is 9.78 Å². The van der Waals surface area contributed by atoms with Gasteiger partial charge in [-0.2, -0.15) is 0 Å². The average molecular weight is 176 g/mol. The summed E-state index contributed by atoms with van der Waals surface area (Å²) in [5.74, 6) is -0.0108. The van der Waals surface area contributed by atoms with Crippen LogP contribution in [0.3, 0.4) is 0 Å². The van der Waals surface area contributed by atoms with Crippen molar-refractivity contribution in [2.45, 2.75) is 6.92 Å². The van der Waals surface area contributed by atoms with Gasteiger partial charge in [0.05, 0.1) is 0 Å². The average Bonchev–Trinajstić information content (AvgIpc) is 2.19. The van der Waals surface area contributed by atoms with Crippen LogP contribution in [0.1, 0.15) is 17.3 Å². The van der Waals surface area contributed by atoms with Crippen LogP contribution >= 0.6 is 0 Å². The van der Waals surface area contributed by atoms with Crippen molar-refractivity contribution >= 4 is 5.78 Å². The van der Waals surface area contributed by atoms with Crippen LogP contribution < -0.4 is 5.32 Å². The summed E-state index contributed by atoms with van der Waals surface area (Å²) < 4.78 is 0. The van der Waals surface area contributed by atoms with Gasteiger partial charge in [0.1, 0.15) is 0 Å². The van der Waals surface area contributed by atoms with Crippen LogP contribution in [-0.4, -0.2) is 17.3 Å². The highest BCUT2D eigenvalue weighted by atomic mass is 16.1. The molecule has 0 saturated heterocycles. The number of aromatic nitrogens is 1. The van der Waals surface area contributed by atoms with Gasteiger partial charge in [0, 0.05) is 36.8 Å². The van der Waals surface area contributed by atoms with Crippen molar-refractivity contribution in [1.82, 2.24) is 10.3 Å². The summed E-state index contributed by atoms with van der Waals surface area (Å²) in [6, 6.07) is 3.39. The minimum atomic E-state index is -0.0108. The van der Waals surface area contributed by atoms with Gasteiger partial charge in [-0.15, -0.1) is 0 Å². The highest BCUT2D eigenvalue weighted by Crippen LogP contribution is 1.97. The molecule has 0 atom stereocenters. The molecule has 13 heavy (non-hydrogen) atoms. The van der Waals surface area contributed by atoms with Gasteiger partial charge < -0.3 is 5.32 Å². The Labute approximate surface area is 77.5 Å². The van der Waals surface area contributed by atoms with Crippen molar-refractivity contribution in [3.8, 4) is 0 Å². The molecule has 0 aliphatic rings. The second kappa shape index (κ2) is 5.09. The Hall–Kier alpha value is -1.64. The van der Waals surface area contributed by atoms with E-state index in [4.69, 9.17) is 0 Å². The number of nitrogens with zero attached hydrogens (tertiary/aromatic N) is 1. The first kappa shape index (κ1) is 9.45. The molecule has 0 aliphatic carbocycles. The Morgan fingerprint density at radius 3 is 2.85 bits per heavy atom. The molecule has 0 amide bonds. The maximum atomic E-state index is 11.4. The molecule has 1 aromatic rings. The largest absolute Gasteiger partial charge is 0.391 e. The van der Waals surface area contributed by atoms with Crippen LogP contribution in [0.25, 0.3) is 0 Å². The molecule has 0 aliphatic heterocycles. The van der Waals surface area contributed by atoms with Gasteiger partial charge in [-0.05, 0) is 19.1 Å². The quantitative estimate of drug-likeness (QED) is 0.556. The summed E-state index contributed by atoms with van der Waals surface area (Å²) in [7, 11) is 0. The number of allylic oxidation sites excluding steroid dienone is 1. The Bertz CT molecular complexity index is 293. The molecule has 0 fully saturated rings. The molecular formula is C10H12N2O. The summed E-state index contributed by atoms with van der Waals surface area (Å²) in [6.45, 7) is 2.79. The highest BCUT2D eigenvalue weighted by Gasteiger charge is 1.98. The van der Waals surface area contributed by atoms with Crippen LogP contribution in [0.2, 0.25) is 0 Å². The zero-order valence-electron chi connectivity index (χ0n) is 7.53. The number of carbonyl (C=O) groups excluding carboxylic acids is 1. The van der Waals surface area contributed by atoms with Crippen molar-refractivity contribution in [3.05, 3.63) is 42.4 Å². The maximum absolute atomic E-state index is 11.4. The smallest absolute Gasteiger partial charge is 0.187 e. The molecule has 68 valence electrons. The van der Waals surface area contributed by atoms with E-state index in [0.717, 1.165) is 6.54 Å². The van der Waals surface area contributed by atoms with Gasteiger partial charge in [0.25, 0.3) is 0 Å². The van der Waals surface area contributed by atoms with E-state index >= 15 is 0 Å². The zero-order valence-corrected chi connectivity index (χ0v) is 7.53. The van der Waals surface area contributed by atoms with E-state index in [1.54, 1.807) is 30.7 Å². The predicted molar refractivity (Wildman–Crippen MR) is 51.4 cm³/mol. The lowest BCUT2D eigenvalue weighted by Gasteiger charge is -1.94. The van der Waals surface area contributed by atoms with E-state index in [0.29, 0.717) is 5.56 Å². The number of hydrogen-bond acceptors (Lipinski definition) is 3. The third-order valence-corrected chi connectivity index (χ3v) is 1.52. The lowest BCUT2D eigenvalue weighted by atomic mass is 10.2. The Morgan fingerprint density at radius 1 is 1.54 bits per heavy atom. The van der Waals surface area contributed by atoms with E-state index in [1.165, 1.54) is 6.08 Å². The van der Waals surface area contributed by atoms with E-state index in [2.05, 4.69) is 10.3 Å². The molecule has 0 spiro atoms. The Kier molecular flexibility index (Phi) is 3.70. The SMILES string of the molecule is CCN/C=C/C(=O)c1ccncc1. The maximum Gasteiger partial charge on any atom is 0.187 e. The minimum Gasteiger partial charge on any atom is -0.391 e. The van der Waals surface area contributed by atoms with Gasteiger partial charge in [0.2, 0.25) is 0 Å². The van der Waals surface area contributed by atoms with Crippen LogP contribution in [-0.2, 0) is 0 Å². The molecule has 1 aromatic heterocycles. The second-order valence-corrected chi connectivity index (χ2v) is 2.49. The molecule has 3 nitrogen and oxygen atoms in total. The number of hydrogen-bond donors (Lipinski definition) is 1. The number of nitrogens with one attached hydrogen (secondary N) is 1. The zero-order chi connectivity index (χ0) is 9.52. The summed E-state index contributed by atoms with van der Waals surface area (Å²) >= 11 is 0. The Morgan fingerprint density at radius 2 is 2.23 bits per heavy atom. The Balaban J connectivity index is 2.59. The predicted octanol–water partition coefficient (Wildman–Crippen LogP) is 1.39. The van der Waals surface area contributed by atoms with Crippen molar-refractivity contribution in [3.63, 3.8) is 0 Å². The summed E-state index contributed by atoms with van der Waals surface area (Å²) in [5, 5.41) is 2.93. The molecule has 3 heteroatoms. The number of pyridine rings is 1. The topological polar surface area (TPSA) is 42.0 Å². The van der Waals surface area contributed by atoms with Gasteiger partial charge in [-0.25, -0.2) is 0 Å². The van der Waals surface area contributed by atoms with Crippen LogP contribution in [0, 0.1) is 0 Å².